The smallest absolute Gasteiger partial charge is 0.257 e. The number of nitrogens with one attached hydrogen (secondary N) is 1. The minimum Gasteiger partial charge on any atom is -0.332 e. The molecule has 1 amide bonds. The van der Waals surface area contributed by atoms with Crippen molar-refractivity contribution in [1.29, 1.82) is 0 Å². The number of likely N-dealkylation sites (tertiary alicyclic amines) is 1. The lowest BCUT2D eigenvalue weighted by atomic mass is 9.87. The number of carbonyl (C=O) groups is 1. The molecule has 0 saturated carbocycles. The third-order valence-electron chi connectivity index (χ3n) is 3.91. The highest BCUT2D eigenvalue weighted by atomic mass is 19.1. The molecule has 1 aromatic carbocycles. The Morgan fingerprint density at radius 2 is 2.16 bits per heavy atom. The first-order chi connectivity index (χ1) is 9.08. The summed E-state index contributed by atoms with van der Waals surface area (Å²) in [6, 6.07) is 6.21. The van der Waals surface area contributed by atoms with Crippen molar-refractivity contribution in [2.75, 3.05) is 20.1 Å². The van der Waals surface area contributed by atoms with E-state index in [4.69, 9.17) is 0 Å². The molecule has 1 saturated heterocycles. The number of hydrogen-bond donors (Lipinski definition) is 1. The number of amides is 1. The van der Waals surface area contributed by atoms with Crippen LogP contribution in [0, 0.1) is 5.82 Å². The van der Waals surface area contributed by atoms with Gasteiger partial charge >= 0.3 is 0 Å². The van der Waals surface area contributed by atoms with E-state index in [1.807, 2.05) is 11.9 Å². The van der Waals surface area contributed by atoms with E-state index in [0.717, 1.165) is 25.8 Å². The van der Waals surface area contributed by atoms with E-state index in [2.05, 4.69) is 12.2 Å². The fourth-order valence-electron chi connectivity index (χ4n) is 2.87. The Kier molecular flexibility index (Phi) is 4.20. The Hall–Kier alpha value is -1.42. The van der Waals surface area contributed by atoms with Crippen LogP contribution in [0.1, 0.15) is 36.5 Å². The molecule has 3 nitrogen and oxygen atoms in total. The minimum atomic E-state index is -0.440. The van der Waals surface area contributed by atoms with E-state index in [-0.39, 0.29) is 17.0 Å². The molecule has 1 unspecified atom stereocenters. The first-order valence-electron chi connectivity index (χ1n) is 6.79. The van der Waals surface area contributed by atoms with Crippen LogP contribution in [0.2, 0.25) is 0 Å². The van der Waals surface area contributed by atoms with Gasteiger partial charge in [-0.25, -0.2) is 4.39 Å². The Labute approximate surface area is 113 Å². The van der Waals surface area contributed by atoms with Crippen LogP contribution in [0.5, 0.6) is 0 Å². The van der Waals surface area contributed by atoms with Gasteiger partial charge in [0, 0.05) is 13.1 Å². The van der Waals surface area contributed by atoms with E-state index in [0.29, 0.717) is 6.54 Å². The van der Waals surface area contributed by atoms with Crippen LogP contribution in [-0.2, 0) is 0 Å². The lowest BCUT2D eigenvalue weighted by molar-refractivity contribution is 0.0377. The predicted octanol–water partition coefficient (Wildman–Crippen LogP) is 2.43. The molecule has 1 heterocycles. The Bertz CT molecular complexity index is 459. The van der Waals surface area contributed by atoms with Crippen molar-refractivity contribution in [3.8, 4) is 0 Å². The highest BCUT2D eigenvalue weighted by molar-refractivity contribution is 5.95. The van der Waals surface area contributed by atoms with E-state index in [1.165, 1.54) is 6.07 Å². The van der Waals surface area contributed by atoms with Crippen LogP contribution < -0.4 is 5.32 Å². The summed E-state index contributed by atoms with van der Waals surface area (Å²) in [6.45, 7) is 3.50. The predicted molar refractivity (Wildman–Crippen MR) is 73.6 cm³/mol. The first-order valence-corrected chi connectivity index (χ1v) is 6.79. The highest BCUT2D eigenvalue weighted by Gasteiger charge is 2.37. The number of piperidine rings is 1. The summed E-state index contributed by atoms with van der Waals surface area (Å²) in [7, 11) is 1.88. The van der Waals surface area contributed by atoms with E-state index >= 15 is 0 Å². The average Bonchev–Trinajstić information content (AvgIpc) is 2.39. The van der Waals surface area contributed by atoms with Gasteiger partial charge in [0.05, 0.1) is 11.1 Å². The molecule has 1 aliphatic rings. The number of hydrogen-bond acceptors (Lipinski definition) is 2. The van der Waals surface area contributed by atoms with Crippen molar-refractivity contribution in [2.45, 2.75) is 31.7 Å². The monoisotopic (exact) mass is 264 g/mol. The summed E-state index contributed by atoms with van der Waals surface area (Å²) in [4.78, 5) is 14.4. The topological polar surface area (TPSA) is 32.3 Å². The number of rotatable bonds is 3. The molecule has 0 bridgehead atoms. The quantitative estimate of drug-likeness (QED) is 0.909. The summed E-state index contributed by atoms with van der Waals surface area (Å²) in [5.74, 6) is -0.638. The van der Waals surface area contributed by atoms with Gasteiger partial charge in [0.1, 0.15) is 5.82 Å². The van der Waals surface area contributed by atoms with Gasteiger partial charge in [-0.05, 0) is 45.4 Å². The number of benzene rings is 1. The molecule has 104 valence electrons. The molecule has 2 rings (SSSR count). The molecule has 0 radical (unpaired) electrons. The largest absolute Gasteiger partial charge is 0.332 e. The molecular formula is C15H21FN2O. The fraction of sp³-hybridized carbons (Fsp3) is 0.533. The average molecular weight is 264 g/mol. The zero-order valence-corrected chi connectivity index (χ0v) is 11.6. The molecular weight excluding hydrogens is 243 g/mol. The van der Waals surface area contributed by atoms with Gasteiger partial charge in [0.25, 0.3) is 5.91 Å². The third-order valence-corrected chi connectivity index (χ3v) is 3.91. The molecule has 0 spiro atoms. The first kappa shape index (κ1) is 14.0. The van der Waals surface area contributed by atoms with Crippen molar-refractivity contribution in [3.05, 3.63) is 35.6 Å². The SMILES string of the molecule is CNCC1(C)CCCCN1C(=O)c1ccccc1F. The fourth-order valence-corrected chi connectivity index (χ4v) is 2.87. The van der Waals surface area contributed by atoms with Gasteiger partial charge in [-0.2, -0.15) is 0 Å². The summed E-state index contributed by atoms with van der Waals surface area (Å²) < 4.78 is 13.8. The molecule has 4 heteroatoms. The molecule has 1 N–H and O–H groups in total. The van der Waals surface area contributed by atoms with Crippen LogP contribution >= 0.6 is 0 Å². The van der Waals surface area contributed by atoms with Crippen molar-refractivity contribution in [1.82, 2.24) is 10.2 Å². The lowest BCUT2D eigenvalue weighted by Gasteiger charge is -2.45. The number of carbonyl (C=O) groups excluding carboxylic acids is 1. The van der Waals surface area contributed by atoms with Gasteiger partial charge in [-0.3, -0.25) is 4.79 Å². The zero-order valence-electron chi connectivity index (χ0n) is 11.6. The number of nitrogens with zero attached hydrogens (tertiary/aromatic N) is 1. The van der Waals surface area contributed by atoms with Gasteiger partial charge in [0.15, 0.2) is 0 Å². The summed E-state index contributed by atoms with van der Waals surface area (Å²) in [5.41, 5.74) is -0.0569. The second kappa shape index (κ2) is 5.70. The molecule has 19 heavy (non-hydrogen) atoms. The van der Waals surface area contributed by atoms with Crippen molar-refractivity contribution in [2.24, 2.45) is 0 Å². The summed E-state index contributed by atoms with van der Waals surface area (Å²) >= 11 is 0. The minimum absolute atomic E-state index is 0.173. The van der Waals surface area contributed by atoms with Gasteiger partial charge in [-0.15, -0.1) is 0 Å². The van der Waals surface area contributed by atoms with Crippen molar-refractivity contribution < 1.29 is 9.18 Å². The van der Waals surface area contributed by atoms with Gasteiger partial charge in [0.2, 0.25) is 0 Å². The Morgan fingerprint density at radius 3 is 2.84 bits per heavy atom. The highest BCUT2D eigenvalue weighted by Crippen LogP contribution is 2.29. The van der Waals surface area contributed by atoms with E-state index < -0.39 is 5.82 Å². The van der Waals surface area contributed by atoms with E-state index in [9.17, 15) is 9.18 Å². The molecule has 0 aliphatic carbocycles. The van der Waals surface area contributed by atoms with Gasteiger partial charge in [-0.1, -0.05) is 12.1 Å². The summed E-state index contributed by atoms with van der Waals surface area (Å²) in [6.07, 6.45) is 3.05. The van der Waals surface area contributed by atoms with Crippen molar-refractivity contribution >= 4 is 5.91 Å². The number of halogens is 1. The maximum atomic E-state index is 13.8. The second-order valence-corrected chi connectivity index (χ2v) is 5.42. The van der Waals surface area contributed by atoms with Crippen LogP contribution in [0.25, 0.3) is 0 Å². The zero-order chi connectivity index (χ0) is 13.9. The molecule has 1 fully saturated rings. The summed E-state index contributed by atoms with van der Waals surface area (Å²) in [5, 5.41) is 3.14. The maximum absolute atomic E-state index is 13.8. The molecule has 1 aliphatic heterocycles. The second-order valence-electron chi connectivity index (χ2n) is 5.42. The van der Waals surface area contributed by atoms with Crippen LogP contribution in [0.3, 0.4) is 0 Å². The lowest BCUT2D eigenvalue weighted by Crippen LogP contribution is -2.57. The Balaban J connectivity index is 2.28. The van der Waals surface area contributed by atoms with Gasteiger partial charge < -0.3 is 10.2 Å². The molecule has 0 aromatic heterocycles. The third kappa shape index (κ3) is 2.78. The normalized spacial score (nSPS) is 23.4. The molecule has 1 aromatic rings. The maximum Gasteiger partial charge on any atom is 0.257 e. The van der Waals surface area contributed by atoms with Crippen molar-refractivity contribution in [3.63, 3.8) is 0 Å². The Morgan fingerprint density at radius 1 is 1.42 bits per heavy atom. The molecule has 1 atom stereocenters. The van der Waals surface area contributed by atoms with E-state index in [1.54, 1.807) is 18.2 Å². The standard InChI is InChI=1S/C15H21FN2O/c1-15(11-17-2)9-5-6-10-18(15)14(19)12-7-3-4-8-13(12)16/h3-4,7-8,17H,5-6,9-11H2,1-2H3. The van der Waals surface area contributed by atoms with Crippen LogP contribution in [0.15, 0.2) is 24.3 Å². The van der Waals surface area contributed by atoms with Crippen LogP contribution in [-0.4, -0.2) is 36.5 Å². The van der Waals surface area contributed by atoms with Crippen LogP contribution in [0.4, 0.5) is 4.39 Å². The number of likely N-dealkylation sites (N-methyl/N-ethyl adjacent to an activating group) is 1.